The lowest BCUT2D eigenvalue weighted by Crippen LogP contribution is -2.49. The van der Waals surface area contributed by atoms with Gasteiger partial charge in [-0.3, -0.25) is 9.59 Å². The summed E-state index contributed by atoms with van der Waals surface area (Å²) < 4.78 is 0. The van der Waals surface area contributed by atoms with Gasteiger partial charge in [-0.1, -0.05) is 79.9 Å². The first kappa shape index (κ1) is 23.0. The summed E-state index contributed by atoms with van der Waals surface area (Å²) in [5.74, 6) is -0.182. The van der Waals surface area contributed by atoms with Crippen molar-refractivity contribution in [3.05, 3.63) is 70.2 Å². The second-order valence-electron chi connectivity index (χ2n) is 7.35. The lowest BCUT2D eigenvalue weighted by Gasteiger charge is -2.31. The molecule has 0 bridgehead atoms. The van der Waals surface area contributed by atoms with Crippen LogP contribution in [0.25, 0.3) is 0 Å². The Balaban J connectivity index is 2.26. The Hall–Kier alpha value is -2.33. The van der Waals surface area contributed by atoms with Gasteiger partial charge in [0.2, 0.25) is 11.8 Å². The van der Waals surface area contributed by atoms with Crippen LogP contribution < -0.4 is 5.32 Å². The van der Waals surface area contributed by atoms with Crippen molar-refractivity contribution in [2.45, 2.75) is 59.0 Å². The van der Waals surface area contributed by atoms with Gasteiger partial charge in [0.05, 0.1) is 6.42 Å². The number of unbranched alkanes of at least 4 members (excludes halogenated alkanes) is 1. The van der Waals surface area contributed by atoms with Gasteiger partial charge in [0.1, 0.15) is 6.04 Å². The van der Waals surface area contributed by atoms with Crippen LogP contribution >= 0.6 is 11.6 Å². The molecule has 0 fully saturated rings. The summed E-state index contributed by atoms with van der Waals surface area (Å²) in [5, 5.41) is 3.58. The molecule has 5 heteroatoms. The number of nitrogens with one attached hydrogen (secondary N) is 1. The first-order valence-corrected chi connectivity index (χ1v) is 10.7. The zero-order valence-corrected chi connectivity index (χ0v) is 18.3. The molecule has 1 atom stereocenters. The molecule has 2 aromatic rings. The first-order valence-electron chi connectivity index (χ1n) is 10.3. The van der Waals surface area contributed by atoms with Gasteiger partial charge in [0.25, 0.3) is 0 Å². The molecular formula is C24H31ClN2O2. The van der Waals surface area contributed by atoms with E-state index in [1.54, 1.807) is 4.90 Å². The van der Waals surface area contributed by atoms with E-state index in [1.807, 2.05) is 62.4 Å². The van der Waals surface area contributed by atoms with Gasteiger partial charge < -0.3 is 10.2 Å². The molecule has 0 aliphatic carbocycles. The number of hydrogen-bond donors (Lipinski definition) is 1. The Morgan fingerprint density at radius 1 is 1.10 bits per heavy atom. The van der Waals surface area contributed by atoms with Crippen molar-refractivity contribution in [1.29, 1.82) is 0 Å². The highest BCUT2D eigenvalue weighted by Crippen LogP contribution is 2.20. The van der Waals surface area contributed by atoms with E-state index in [0.29, 0.717) is 24.5 Å². The molecule has 0 aliphatic rings. The molecule has 0 aliphatic heterocycles. The summed E-state index contributed by atoms with van der Waals surface area (Å²) in [6, 6.07) is 14.8. The Morgan fingerprint density at radius 2 is 1.86 bits per heavy atom. The fourth-order valence-corrected chi connectivity index (χ4v) is 3.53. The number of halogens is 1. The smallest absolute Gasteiger partial charge is 0.242 e. The predicted octanol–water partition coefficient (Wildman–Crippen LogP) is 4.91. The lowest BCUT2D eigenvalue weighted by atomic mass is 10.1. The highest BCUT2D eigenvalue weighted by molar-refractivity contribution is 6.31. The van der Waals surface area contributed by atoms with Crippen LogP contribution in [0.2, 0.25) is 5.02 Å². The monoisotopic (exact) mass is 414 g/mol. The normalized spacial score (nSPS) is 11.7. The quantitative estimate of drug-likeness (QED) is 0.561. The Bertz CT molecular complexity index is 822. The Kier molecular flexibility index (Phi) is 9.20. The van der Waals surface area contributed by atoms with Crippen LogP contribution in [0.1, 0.15) is 49.8 Å². The van der Waals surface area contributed by atoms with E-state index in [-0.39, 0.29) is 18.2 Å². The van der Waals surface area contributed by atoms with E-state index in [9.17, 15) is 9.59 Å². The summed E-state index contributed by atoms with van der Waals surface area (Å²) in [4.78, 5) is 27.8. The van der Waals surface area contributed by atoms with Gasteiger partial charge in [0.15, 0.2) is 0 Å². The molecule has 4 nitrogen and oxygen atoms in total. The second kappa shape index (κ2) is 11.6. The molecule has 2 aromatic carbocycles. The van der Waals surface area contributed by atoms with Crippen LogP contribution in [-0.2, 0) is 22.6 Å². The number of hydrogen-bond acceptors (Lipinski definition) is 2. The van der Waals surface area contributed by atoms with Crippen molar-refractivity contribution in [1.82, 2.24) is 10.2 Å². The molecule has 29 heavy (non-hydrogen) atoms. The molecule has 1 unspecified atom stereocenters. The van der Waals surface area contributed by atoms with Crippen molar-refractivity contribution >= 4 is 23.4 Å². The summed E-state index contributed by atoms with van der Waals surface area (Å²) in [6.07, 6.45) is 2.73. The van der Waals surface area contributed by atoms with Crippen LogP contribution in [-0.4, -0.2) is 29.3 Å². The van der Waals surface area contributed by atoms with E-state index in [2.05, 4.69) is 12.2 Å². The average molecular weight is 415 g/mol. The van der Waals surface area contributed by atoms with Gasteiger partial charge in [-0.05, 0) is 37.0 Å². The molecule has 0 radical (unpaired) electrons. The minimum atomic E-state index is -0.527. The highest BCUT2D eigenvalue weighted by atomic mass is 35.5. The maximum absolute atomic E-state index is 13.3. The maximum atomic E-state index is 13.3. The molecule has 0 saturated carbocycles. The Morgan fingerprint density at radius 3 is 2.52 bits per heavy atom. The molecular weight excluding hydrogens is 384 g/mol. The van der Waals surface area contributed by atoms with Gasteiger partial charge in [-0.25, -0.2) is 0 Å². The highest BCUT2D eigenvalue weighted by Gasteiger charge is 2.28. The number of nitrogens with zero attached hydrogens (tertiary/aromatic N) is 1. The molecule has 0 spiro atoms. The summed E-state index contributed by atoms with van der Waals surface area (Å²) in [6.45, 7) is 6.95. The van der Waals surface area contributed by atoms with E-state index in [4.69, 9.17) is 11.6 Å². The standard InChI is InChI=1S/C24H31ClN2O2/c1-4-6-14-26-24(29)22(5-2)27(17-20-12-7-8-13-21(20)25)23(28)16-19-11-9-10-18(3)15-19/h7-13,15,22H,4-6,14,16-17H2,1-3H3,(H,26,29). The number of benzene rings is 2. The molecule has 2 rings (SSSR count). The van der Waals surface area contributed by atoms with E-state index in [0.717, 1.165) is 29.5 Å². The zero-order chi connectivity index (χ0) is 21.2. The SMILES string of the molecule is CCCCNC(=O)C(CC)N(Cc1ccccc1Cl)C(=O)Cc1cccc(C)c1. The van der Waals surface area contributed by atoms with Crippen molar-refractivity contribution in [3.8, 4) is 0 Å². The first-order chi connectivity index (χ1) is 14.0. The van der Waals surface area contributed by atoms with Crippen molar-refractivity contribution < 1.29 is 9.59 Å². The Labute approximate surface area is 179 Å². The van der Waals surface area contributed by atoms with Crippen LogP contribution in [0.5, 0.6) is 0 Å². The molecule has 1 N–H and O–H groups in total. The van der Waals surface area contributed by atoms with Gasteiger partial charge >= 0.3 is 0 Å². The zero-order valence-electron chi connectivity index (χ0n) is 17.6. The third kappa shape index (κ3) is 6.90. The van der Waals surface area contributed by atoms with Crippen molar-refractivity contribution in [2.24, 2.45) is 0 Å². The number of rotatable bonds is 10. The second-order valence-corrected chi connectivity index (χ2v) is 7.75. The lowest BCUT2D eigenvalue weighted by molar-refractivity contribution is -0.140. The van der Waals surface area contributed by atoms with Crippen LogP contribution in [0, 0.1) is 6.92 Å². The number of amides is 2. The van der Waals surface area contributed by atoms with E-state index in [1.165, 1.54) is 0 Å². The van der Waals surface area contributed by atoms with Crippen molar-refractivity contribution in [2.75, 3.05) is 6.54 Å². The largest absolute Gasteiger partial charge is 0.354 e. The van der Waals surface area contributed by atoms with Gasteiger partial charge in [-0.2, -0.15) is 0 Å². The van der Waals surface area contributed by atoms with Gasteiger partial charge in [0, 0.05) is 18.1 Å². The maximum Gasteiger partial charge on any atom is 0.242 e. The number of carbonyl (C=O) groups excluding carboxylic acids is 2. The average Bonchev–Trinajstić information content (AvgIpc) is 2.69. The van der Waals surface area contributed by atoms with E-state index >= 15 is 0 Å². The summed E-state index contributed by atoms with van der Waals surface area (Å²) in [7, 11) is 0. The number of aryl methyl sites for hydroxylation is 1. The molecule has 0 heterocycles. The number of carbonyl (C=O) groups is 2. The minimum Gasteiger partial charge on any atom is -0.354 e. The minimum absolute atomic E-state index is 0.0759. The fraction of sp³-hybridized carbons (Fsp3) is 0.417. The molecule has 0 saturated heterocycles. The van der Waals surface area contributed by atoms with Gasteiger partial charge in [-0.15, -0.1) is 0 Å². The molecule has 2 amide bonds. The third-order valence-electron chi connectivity index (χ3n) is 4.95. The topological polar surface area (TPSA) is 49.4 Å². The predicted molar refractivity (Wildman–Crippen MR) is 119 cm³/mol. The van der Waals surface area contributed by atoms with E-state index < -0.39 is 6.04 Å². The fourth-order valence-electron chi connectivity index (χ4n) is 3.33. The third-order valence-corrected chi connectivity index (χ3v) is 5.32. The molecule has 0 aromatic heterocycles. The van der Waals surface area contributed by atoms with Crippen molar-refractivity contribution in [3.63, 3.8) is 0 Å². The summed E-state index contributed by atoms with van der Waals surface area (Å²) >= 11 is 6.35. The van der Waals surface area contributed by atoms with Crippen LogP contribution in [0.15, 0.2) is 48.5 Å². The van der Waals surface area contributed by atoms with Crippen LogP contribution in [0.4, 0.5) is 0 Å². The van der Waals surface area contributed by atoms with Crippen LogP contribution in [0.3, 0.4) is 0 Å². The molecule has 156 valence electrons. The summed E-state index contributed by atoms with van der Waals surface area (Å²) in [5.41, 5.74) is 2.89.